The van der Waals surface area contributed by atoms with Crippen LogP contribution in [0.15, 0.2) is 218 Å². The van der Waals surface area contributed by atoms with Crippen LogP contribution in [0.25, 0.3) is 53.2 Å². The van der Waals surface area contributed by atoms with Gasteiger partial charge in [0.15, 0.2) is 0 Å². The molecular weight excluding hydrogens is 685 g/mol. The minimum atomic E-state index is 1.09. The summed E-state index contributed by atoms with van der Waals surface area (Å²) in [5.41, 5.74) is 11.3. The Morgan fingerprint density at radius 2 is 0.618 bits per heavy atom. The third-order valence-electron chi connectivity index (χ3n) is 10.4. The number of hydrogen-bond acceptors (Lipinski definition) is 3. The Balaban J connectivity index is 1.24. The number of rotatable bonds is 8. The number of nitrogens with zero attached hydrogens (tertiary/aromatic N) is 2. The van der Waals surface area contributed by atoms with Crippen molar-refractivity contribution in [1.29, 1.82) is 0 Å². The van der Waals surface area contributed by atoms with E-state index in [-0.39, 0.29) is 0 Å². The third-order valence-corrected chi connectivity index (χ3v) is 11.5. The highest BCUT2D eigenvalue weighted by molar-refractivity contribution is 7.26. The monoisotopic (exact) mass is 720 g/mol. The van der Waals surface area contributed by atoms with E-state index in [9.17, 15) is 0 Å². The van der Waals surface area contributed by atoms with Crippen LogP contribution in [0.1, 0.15) is 0 Å². The lowest BCUT2D eigenvalue weighted by Crippen LogP contribution is -2.17. The quantitative estimate of drug-likeness (QED) is 0.154. The molecule has 0 saturated carbocycles. The lowest BCUT2D eigenvalue weighted by atomic mass is 10.0. The van der Waals surface area contributed by atoms with Crippen LogP contribution in [0.5, 0.6) is 0 Å². The molecule has 0 aliphatic carbocycles. The van der Waals surface area contributed by atoms with E-state index in [1.807, 2.05) is 11.3 Å². The van der Waals surface area contributed by atoms with Crippen LogP contribution in [0.3, 0.4) is 0 Å². The van der Waals surface area contributed by atoms with E-state index in [4.69, 9.17) is 0 Å². The molecule has 55 heavy (non-hydrogen) atoms. The second kappa shape index (κ2) is 14.1. The Morgan fingerprint density at radius 3 is 1.11 bits per heavy atom. The van der Waals surface area contributed by atoms with Gasteiger partial charge in [0.25, 0.3) is 0 Å². The van der Waals surface area contributed by atoms with Crippen molar-refractivity contribution in [3.63, 3.8) is 0 Å². The minimum Gasteiger partial charge on any atom is -0.308 e. The summed E-state index contributed by atoms with van der Waals surface area (Å²) in [6, 6.07) is 78.9. The van der Waals surface area contributed by atoms with Crippen LogP contribution in [-0.4, -0.2) is 0 Å². The average molecular weight is 721 g/mol. The fourth-order valence-corrected chi connectivity index (χ4v) is 8.87. The topological polar surface area (TPSA) is 6.48 Å². The van der Waals surface area contributed by atoms with E-state index < -0.39 is 0 Å². The molecule has 9 aromatic carbocycles. The number of thiophene rings is 1. The summed E-state index contributed by atoms with van der Waals surface area (Å²) in [4.78, 5) is 4.83. The van der Waals surface area contributed by atoms with Crippen LogP contribution in [-0.2, 0) is 0 Å². The Hall–Kier alpha value is -6.94. The molecule has 3 heteroatoms. The lowest BCUT2D eigenvalue weighted by Gasteiger charge is -2.33. The molecule has 0 saturated heterocycles. The minimum absolute atomic E-state index is 1.09. The number of para-hydroxylation sites is 2. The van der Waals surface area contributed by atoms with Gasteiger partial charge in [-0.3, -0.25) is 0 Å². The molecule has 10 aromatic rings. The van der Waals surface area contributed by atoms with Crippen molar-refractivity contribution in [2.24, 2.45) is 0 Å². The molecule has 0 radical (unpaired) electrons. The Kier molecular flexibility index (Phi) is 8.40. The van der Waals surface area contributed by atoms with Gasteiger partial charge in [0.1, 0.15) is 0 Å². The highest BCUT2D eigenvalue weighted by atomic mass is 32.1. The van der Waals surface area contributed by atoms with Crippen molar-refractivity contribution in [3.05, 3.63) is 218 Å². The fraction of sp³-hybridized carbons (Fsp3) is 0. The van der Waals surface area contributed by atoms with Crippen LogP contribution < -0.4 is 9.80 Å². The molecule has 0 bridgehead atoms. The van der Waals surface area contributed by atoms with E-state index in [1.54, 1.807) is 0 Å². The first-order chi connectivity index (χ1) is 27.3. The van der Waals surface area contributed by atoms with Gasteiger partial charge >= 0.3 is 0 Å². The second-order valence-corrected chi connectivity index (χ2v) is 14.9. The molecule has 0 spiro atoms. The van der Waals surface area contributed by atoms with Gasteiger partial charge in [0.05, 0.1) is 11.4 Å². The van der Waals surface area contributed by atoms with Gasteiger partial charge in [-0.1, -0.05) is 146 Å². The molecular formula is C52H36N2S. The van der Waals surface area contributed by atoms with Crippen LogP contribution in [0.2, 0.25) is 0 Å². The van der Waals surface area contributed by atoms with Crippen molar-refractivity contribution in [2.45, 2.75) is 0 Å². The van der Waals surface area contributed by atoms with Gasteiger partial charge in [0.2, 0.25) is 0 Å². The molecule has 0 aliphatic rings. The molecule has 0 fully saturated rings. The Morgan fingerprint density at radius 1 is 0.273 bits per heavy atom. The standard InChI is InChI=1S/C52H36N2S/c1-5-15-37(16-6-1)39-25-29-45(30-26-39)53(43-21-9-3-10-22-43)49-35-48-47-33-41-19-13-14-20-42(41)34-51(47)55-52(48)36-50(49)54(44-23-11-4-12-24-44)46-31-27-40(28-32-46)38-17-7-2-8-18-38/h1-36H. The lowest BCUT2D eigenvalue weighted by molar-refractivity contribution is 1.23. The van der Waals surface area contributed by atoms with E-state index >= 15 is 0 Å². The molecule has 0 amide bonds. The fourth-order valence-electron chi connectivity index (χ4n) is 7.72. The number of anilines is 6. The summed E-state index contributed by atoms with van der Waals surface area (Å²) in [5, 5.41) is 5.04. The maximum atomic E-state index is 2.42. The summed E-state index contributed by atoms with van der Waals surface area (Å²) < 4.78 is 2.53. The molecule has 10 rings (SSSR count). The van der Waals surface area contributed by atoms with E-state index in [1.165, 1.54) is 53.2 Å². The predicted octanol–water partition coefficient (Wildman–Crippen LogP) is 15.5. The van der Waals surface area contributed by atoms with Crippen molar-refractivity contribution >= 4 is 76.4 Å². The number of benzene rings is 9. The summed E-state index contributed by atoms with van der Waals surface area (Å²) >= 11 is 1.86. The molecule has 0 atom stereocenters. The van der Waals surface area contributed by atoms with Crippen molar-refractivity contribution in [1.82, 2.24) is 0 Å². The molecule has 0 unspecified atom stereocenters. The van der Waals surface area contributed by atoms with Crippen molar-refractivity contribution in [3.8, 4) is 22.3 Å². The second-order valence-electron chi connectivity index (χ2n) is 13.8. The molecule has 2 nitrogen and oxygen atoms in total. The Labute approximate surface area is 325 Å². The smallest absolute Gasteiger partial charge is 0.0716 e. The Bertz CT molecular complexity index is 2890. The summed E-state index contributed by atoms with van der Waals surface area (Å²) in [6.45, 7) is 0. The first kappa shape index (κ1) is 32.7. The van der Waals surface area contributed by atoms with Gasteiger partial charge in [-0.2, -0.15) is 0 Å². The van der Waals surface area contributed by atoms with Gasteiger partial charge in [-0.15, -0.1) is 11.3 Å². The van der Waals surface area contributed by atoms with E-state index in [2.05, 4.69) is 228 Å². The highest BCUT2D eigenvalue weighted by Gasteiger charge is 2.24. The summed E-state index contributed by atoms with van der Waals surface area (Å²) in [5.74, 6) is 0. The van der Waals surface area contributed by atoms with Gasteiger partial charge in [-0.05, 0) is 106 Å². The molecule has 1 heterocycles. The van der Waals surface area contributed by atoms with Crippen molar-refractivity contribution in [2.75, 3.05) is 9.80 Å². The number of fused-ring (bicyclic) bond motifs is 4. The predicted molar refractivity (Wildman–Crippen MR) is 237 cm³/mol. The van der Waals surface area contributed by atoms with Gasteiger partial charge in [-0.25, -0.2) is 0 Å². The zero-order valence-electron chi connectivity index (χ0n) is 30.1. The first-order valence-corrected chi connectivity index (χ1v) is 19.5. The zero-order chi connectivity index (χ0) is 36.6. The van der Waals surface area contributed by atoms with E-state index in [0.717, 1.165) is 34.1 Å². The first-order valence-electron chi connectivity index (χ1n) is 18.7. The van der Waals surface area contributed by atoms with Gasteiger partial charge in [0, 0.05) is 42.9 Å². The zero-order valence-corrected chi connectivity index (χ0v) is 30.9. The normalized spacial score (nSPS) is 11.3. The summed E-state index contributed by atoms with van der Waals surface area (Å²) in [6.07, 6.45) is 0. The summed E-state index contributed by atoms with van der Waals surface area (Å²) in [7, 11) is 0. The number of hydrogen-bond donors (Lipinski definition) is 0. The molecule has 0 N–H and O–H groups in total. The van der Waals surface area contributed by atoms with E-state index in [0.29, 0.717) is 0 Å². The van der Waals surface area contributed by atoms with Gasteiger partial charge < -0.3 is 9.80 Å². The SMILES string of the molecule is c1ccc(-c2ccc(N(c3ccccc3)c3cc4sc5cc6ccccc6cc5c4cc3N(c3ccccc3)c3ccc(-c4ccccc4)cc3)cc2)cc1. The molecule has 0 aliphatic heterocycles. The maximum Gasteiger partial charge on any atom is 0.0716 e. The van der Waals surface area contributed by atoms with Crippen LogP contribution in [0.4, 0.5) is 34.1 Å². The highest BCUT2D eigenvalue weighted by Crippen LogP contribution is 2.50. The van der Waals surface area contributed by atoms with Crippen molar-refractivity contribution < 1.29 is 0 Å². The largest absolute Gasteiger partial charge is 0.308 e. The maximum absolute atomic E-state index is 2.42. The third kappa shape index (κ3) is 6.21. The van der Waals surface area contributed by atoms with Crippen LogP contribution in [0, 0.1) is 0 Å². The molecule has 260 valence electrons. The molecule has 1 aromatic heterocycles. The average Bonchev–Trinajstić information content (AvgIpc) is 3.61. The van der Waals surface area contributed by atoms with Crippen LogP contribution >= 0.6 is 11.3 Å².